The number of aryl methyl sites for hydroxylation is 1. The Morgan fingerprint density at radius 3 is 2.35 bits per heavy atom. The van der Waals surface area contributed by atoms with Gasteiger partial charge < -0.3 is 19.4 Å². The fraction of sp³-hybridized carbons (Fsp3) is 0.200. The normalized spacial score (nSPS) is 11.7. The molecule has 3 rings (SSSR count). The van der Waals surface area contributed by atoms with Gasteiger partial charge in [0.15, 0.2) is 0 Å². The van der Waals surface area contributed by atoms with Crippen molar-refractivity contribution in [3.63, 3.8) is 0 Å². The number of carbonyl (C=O) groups excluding carboxylic acids is 1. The summed E-state index contributed by atoms with van der Waals surface area (Å²) in [6.45, 7) is 0. The zero-order valence-electron chi connectivity index (χ0n) is 15.0. The first-order chi connectivity index (χ1) is 12.7. The van der Waals surface area contributed by atoms with Crippen LogP contribution in [0.5, 0.6) is 11.5 Å². The van der Waals surface area contributed by atoms with Gasteiger partial charge in [0.2, 0.25) is 0 Å². The fourth-order valence-electron chi connectivity index (χ4n) is 2.88. The highest BCUT2D eigenvalue weighted by Crippen LogP contribution is 2.30. The summed E-state index contributed by atoms with van der Waals surface area (Å²) in [4.78, 5) is 17.4. The van der Waals surface area contributed by atoms with Gasteiger partial charge in [0.1, 0.15) is 23.4 Å². The largest absolute Gasteiger partial charge is 0.496 e. The lowest BCUT2D eigenvalue weighted by atomic mass is 10.0. The highest BCUT2D eigenvalue weighted by molar-refractivity contribution is 5.97. The smallest absolute Gasteiger partial charge is 0.255 e. The van der Waals surface area contributed by atoms with Crippen LogP contribution >= 0.6 is 0 Å². The second-order valence-corrected chi connectivity index (χ2v) is 5.75. The predicted molar refractivity (Wildman–Crippen MR) is 98.5 cm³/mol. The van der Waals surface area contributed by atoms with Crippen molar-refractivity contribution in [1.82, 2.24) is 14.9 Å². The van der Waals surface area contributed by atoms with Gasteiger partial charge in [0.05, 0.1) is 19.8 Å². The van der Waals surface area contributed by atoms with E-state index in [1.54, 1.807) is 38.6 Å². The molecule has 1 unspecified atom stereocenters. The van der Waals surface area contributed by atoms with E-state index in [4.69, 9.17) is 9.47 Å². The monoisotopic (exact) mass is 351 g/mol. The third-order valence-corrected chi connectivity index (χ3v) is 4.19. The summed E-state index contributed by atoms with van der Waals surface area (Å²) in [5.41, 5.74) is 1.29. The van der Waals surface area contributed by atoms with Crippen molar-refractivity contribution >= 4 is 5.91 Å². The van der Waals surface area contributed by atoms with Crippen molar-refractivity contribution in [3.05, 3.63) is 77.9 Å². The second kappa shape index (κ2) is 7.74. The highest BCUT2D eigenvalue weighted by atomic mass is 16.5. The molecule has 1 aromatic heterocycles. The van der Waals surface area contributed by atoms with Crippen LogP contribution in [0.15, 0.2) is 60.9 Å². The Hall–Kier alpha value is -3.28. The van der Waals surface area contributed by atoms with Crippen molar-refractivity contribution < 1.29 is 14.3 Å². The molecule has 6 heteroatoms. The third kappa shape index (κ3) is 3.39. The molecule has 0 fully saturated rings. The minimum absolute atomic E-state index is 0.249. The molecule has 0 aliphatic heterocycles. The molecule has 1 N–H and O–H groups in total. The number of nitrogens with zero attached hydrogens (tertiary/aromatic N) is 2. The van der Waals surface area contributed by atoms with Crippen LogP contribution < -0.4 is 14.8 Å². The molecule has 0 bridgehead atoms. The molecule has 0 radical (unpaired) electrons. The number of hydrogen-bond donors (Lipinski definition) is 1. The number of hydrogen-bond acceptors (Lipinski definition) is 4. The predicted octanol–water partition coefficient (Wildman–Crippen LogP) is 2.96. The molecule has 0 spiro atoms. The van der Waals surface area contributed by atoms with Crippen LogP contribution in [0, 0.1) is 0 Å². The average Bonchev–Trinajstić information content (AvgIpc) is 3.11. The summed E-state index contributed by atoms with van der Waals surface area (Å²) in [5.74, 6) is 1.66. The van der Waals surface area contributed by atoms with Crippen molar-refractivity contribution in [2.75, 3.05) is 14.2 Å². The number of carbonyl (C=O) groups is 1. The first-order valence-corrected chi connectivity index (χ1v) is 8.19. The zero-order valence-corrected chi connectivity index (χ0v) is 15.0. The molecule has 2 aromatic carbocycles. The Balaban J connectivity index is 2.02. The summed E-state index contributed by atoms with van der Waals surface area (Å²) in [7, 11) is 5.04. The van der Waals surface area contributed by atoms with Gasteiger partial charge in [-0.05, 0) is 18.2 Å². The van der Waals surface area contributed by atoms with Gasteiger partial charge in [-0.15, -0.1) is 0 Å². The van der Waals surface area contributed by atoms with Crippen LogP contribution in [-0.4, -0.2) is 29.7 Å². The van der Waals surface area contributed by atoms with E-state index < -0.39 is 6.04 Å². The van der Waals surface area contributed by atoms with Gasteiger partial charge >= 0.3 is 0 Å². The maximum atomic E-state index is 12.9. The number of benzene rings is 2. The van der Waals surface area contributed by atoms with E-state index in [0.717, 1.165) is 5.56 Å². The molecular weight excluding hydrogens is 330 g/mol. The Morgan fingerprint density at radius 2 is 1.69 bits per heavy atom. The van der Waals surface area contributed by atoms with Gasteiger partial charge in [-0.2, -0.15) is 0 Å². The van der Waals surface area contributed by atoms with Gasteiger partial charge in [-0.1, -0.05) is 30.3 Å². The lowest BCUT2D eigenvalue weighted by Gasteiger charge is -2.21. The van der Waals surface area contributed by atoms with Crippen molar-refractivity contribution in [1.29, 1.82) is 0 Å². The van der Waals surface area contributed by atoms with Crippen LogP contribution in [0.4, 0.5) is 0 Å². The molecular formula is C20H21N3O3. The molecule has 3 aromatic rings. The number of ether oxygens (including phenoxy) is 2. The van der Waals surface area contributed by atoms with Gasteiger partial charge in [0.25, 0.3) is 5.91 Å². The van der Waals surface area contributed by atoms with E-state index in [2.05, 4.69) is 10.3 Å². The zero-order chi connectivity index (χ0) is 18.5. The third-order valence-electron chi connectivity index (χ3n) is 4.19. The number of nitrogens with one attached hydrogen (secondary N) is 1. The first-order valence-electron chi connectivity index (χ1n) is 8.19. The molecule has 1 heterocycles. The molecule has 0 saturated carbocycles. The van der Waals surface area contributed by atoms with Gasteiger partial charge in [-0.25, -0.2) is 4.98 Å². The van der Waals surface area contributed by atoms with Crippen molar-refractivity contribution in [2.45, 2.75) is 6.04 Å². The highest BCUT2D eigenvalue weighted by Gasteiger charge is 2.25. The van der Waals surface area contributed by atoms with E-state index in [1.165, 1.54) is 0 Å². The van der Waals surface area contributed by atoms with Crippen LogP contribution in [-0.2, 0) is 7.05 Å². The van der Waals surface area contributed by atoms with Crippen LogP contribution in [0.25, 0.3) is 0 Å². The van der Waals surface area contributed by atoms with Crippen molar-refractivity contribution in [2.24, 2.45) is 7.05 Å². The standard InChI is InChI=1S/C20H21N3O3/c1-23-13-12-21-19(23)18(14-8-4-6-10-16(14)25-2)22-20(24)15-9-5-7-11-17(15)26-3/h4-13,18H,1-3H3,(H,22,24). The van der Waals surface area contributed by atoms with E-state index in [-0.39, 0.29) is 5.91 Å². The molecule has 0 saturated heterocycles. The van der Waals surface area contributed by atoms with Crippen molar-refractivity contribution in [3.8, 4) is 11.5 Å². The minimum atomic E-state index is -0.469. The summed E-state index contributed by atoms with van der Waals surface area (Å²) >= 11 is 0. The molecule has 0 aliphatic carbocycles. The average molecular weight is 351 g/mol. The van der Waals surface area contributed by atoms with Gasteiger partial charge in [0, 0.05) is 25.0 Å². The molecule has 1 amide bonds. The first kappa shape index (κ1) is 17.5. The number of aromatic nitrogens is 2. The number of para-hydroxylation sites is 2. The summed E-state index contributed by atoms with van der Waals surface area (Å²) < 4.78 is 12.7. The topological polar surface area (TPSA) is 65.4 Å². The van der Waals surface area contributed by atoms with Crippen LogP contribution in [0.2, 0.25) is 0 Å². The van der Waals surface area contributed by atoms with E-state index in [1.807, 2.05) is 48.1 Å². The number of methoxy groups -OCH3 is 2. The molecule has 26 heavy (non-hydrogen) atoms. The number of imidazole rings is 1. The summed E-state index contributed by atoms with van der Waals surface area (Å²) in [6.07, 6.45) is 3.54. The van der Waals surface area contributed by atoms with Gasteiger partial charge in [-0.3, -0.25) is 4.79 Å². The van der Waals surface area contributed by atoms with E-state index in [9.17, 15) is 4.79 Å². The summed E-state index contributed by atoms with van der Waals surface area (Å²) in [6, 6.07) is 14.2. The maximum absolute atomic E-state index is 12.9. The van der Waals surface area contributed by atoms with Crippen LogP contribution in [0.3, 0.4) is 0 Å². The molecule has 134 valence electrons. The minimum Gasteiger partial charge on any atom is -0.496 e. The lowest BCUT2D eigenvalue weighted by Crippen LogP contribution is -2.31. The number of amides is 1. The Bertz CT molecular complexity index is 905. The second-order valence-electron chi connectivity index (χ2n) is 5.75. The quantitative estimate of drug-likeness (QED) is 0.741. The summed E-state index contributed by atoms with van der Waals surface area (Å²) in [5, 5.41) is 3.06. The van der Waals surface area contributed by atoms with E-state index in [0.29, 0.717) is 22.9 Å². The Labute approximate surface area is 152 Å². The van der Waals surface area contributed by atoms with Crippen LogP contribution in [0.1, 0.15) is 27.8 Å². The Morgan fingerprint density at radius 1 is 1.04 bits per heavy atom. The molecule has 0 aliphatic rings. The SMILES string of the molecule is COc1ccccc1C(=O)NC(c1ccccc1OC)c1nccn1C. The molecule has 1 atom stereocenters. The number of rotatable bonds is 6. The lowest BCUT2D eigenvalue weighted by molar-refractivity contribution is 0.0937. The molecule has 6 nitrogen and oxygen atoms in total. The van der Waals surface area contributed by atoms with E-state index >= 15 is 0 Å². The maximum Gasteiger partial charge on any atom is 0.255 e. The Kier molecular flexibility index (Phi) is 5.22. The fourth-order valence-corrected chi connectivity index (χ4v) is 2.88.